The number of carbonyl (C=O) groups excluding carboxylic acids is 4. The summed E-state index contributed by atoms with van der Waals surface area (Å²) in [6.45, 7) is 21.9. The molecule has 518 valence electrons. The van der Waals surface area contributed by atoms with Gasteiger partial charge in [-0.05, 0) is 229 Å². The quantitative estimate of drug-likeness (QED) is 0.0856. The molecule has 4 aromatic rings. The van der Waals surface area contributed by atoms with Gasteiger partial charge >= 0.3 is 24.7 Å². The minimum absolute atomic E-state index is 0.0112. The summed E-state index contributed by atoms with van der Waals surface area (Å²) >= 11 is 0. The van der Waals surface area contributed by atoms with Crippen molar-refractivity contribution in [2.45, 2.75) is 174 Å². The number of carbonyl (C=O) groups is 4. The monoisotopic (exact) mass is 1360 g/mol. The van der Waals surface area contributed by atoms with Crippen LogP contribution in [0.2, 0.25) is 0 Å². The Kier molecular flexibility index (Phi) is 22.0. The lowest BCUT2D eigenvalue weighted by molar-refractivity contribution is -0.143. The van der Waals surface area contributed by atoms with Gasteiger partial charge in [-0.2, -0.15) is 57.0 Å². The first-order valence-corrected chi connectivity index (χ1v) is 33.3. The van der Waals surface area contributed by atoms with Gasteiger partial charge in [-0.15, -0.1) is 0 Å². The summed E-state index contributed by atoms with van der Waals surface area (Å²) < 4.78 is 184. The molecule has 3 saturated heterocycles. The Balaban J connectivity index is 0.000000181. The minimum Gasteiger partial charge on any atom is -0.355 e. The molecule has 26 heteroatoms. The number of halogens is 12. The molecule has 0 aromatic heterocycles. The van der Waals surface area contributed by atoms with E-state index < -0.39 is 81.1 Å². The van der Waals surface area contributed by atoms with Crippen LogP contribution < -0.4 is 21.3 Å². The normalized spacial score (nSPS) is 21.1. The highest BCUT2D eigenvalue weighted by atomic mass is 32.2. The number of likely N-dealkylation sites (tertiary alicyclic amines) is 2. The van der Waals surface area contributed by atoms with Gasteiger partial charge in [0.2, 0.25) is 21.8 Å². The first-order valence-electron chi connectivity index (χ1n) is 31.8. The molecule has 3 heterocycles. The lowest BCUT2D eigenvalue weighted by Crippen LogP contribution is -2.44. The van der Waals surface area contributed by atoms with E-state index in [1.165, 1.54) is 23.4 Å². The van der Waals surface area contributed by atoms with E-state index in [0.717, 1.165) is 107 Å². The summed E-state index contributed by atoms with van der Waals surface area (Å²) in [5.74, 6) is -1.10. The Morgan fingerprint density at radius 2 is 0.904 bits per heavy atom. The van der Waals surface area contributed by atoms with E-state index in [2.05, 4.69) is 51.8 Å². The van der Waals surface area contributed by atoms with Gasteiger partial charge < -0.3 is 26.2 Å². The van der Waals surface area contributed by atoms with Crippen LogP contribution in [0.1, 0.15) is 164 Å². The SMILES string of the molecule is CC(C)(C)CCN1CCC2(CC1)CC2NC(=O)Cc1cc(C(F)(F)F)cc(C(F)(F)F)c1.Cc1cc(C(=O)NC2CC23CCN(CC(=O)NCC(C)C)CC3)cc(C(F)(F)F)c1.Cc1ccc(S(=O)(=O)N2CCC3(CC2)CC3NC(=O)c2cc(C)cc(C(F)(F)F)c2)cc1. The van der Waals surface area contributed by atoms with Crippen molar-refractivity contribution >= 4 is 33.7 Å². The smallest absolute Gasteiger partial charge is 0.355 e. The first-order chi connectivity index (χ1) is 43.5. The highest BCUT2D eigenvalue weighted by molar-refractivity contribution is 7.89. The molecule has 10 rings (SSSR count). The largest absolute Gasteiger partial charge is 0.416 e. The highest BCUT2D eigenvalue weighted by Gasteiger charge is 2.58. The van der Waals surface area contributed by atoms with E-state index in [1.807, 2.05) is 20.8 Å². The van der Waals surface area contributed by atoms with Crippen LogP contribution in [-0.2, 0) is 50.7 Å². The fraction of sp³-hybridized carbons (Fsp3) is 0.588. The van der Waals surface area contributed by atoms with Gasteiger partial charge in [0, 0.05) is 48.9 Å². The molecule has 13 nitrogen and oxygen atoms in total. The van der Waals surface area contributed by atoms with Crippen molar-refractivity contribution in [1.82, 2.24) is 35.4 Å². The first kappa shape index (κ1) is 73.6. The van der Waals surface area contributed by atoms with E-state index in [9.17, 15) is 80.3 Å². The lowest BCUT2D eigenvalue weighted by Gasteiger charge is -2.34. The Morgan fingerprint density at radius 3 is 1.31 bits per heavy atom. The second-order valence-corrected chi connectivity index (χ2v) is 30.4. The Labute approximate surface area is 542 Å². The number of alkyl halides is 12. The van der Waals surface area contributed by atoms with Crippen molar-refractivity contribution in [2.24, 2.45) is 27.6 Å². The molecule has 4 aromatic carbocycles. The predicted molar refractivity (Wildman–Crippen MR) is 331 cm³/mol. The molecule has 94 heavy (non-hydrogen) atoms. The van der Waals surface area contributed by atoms with E-state index in [1.54, 1.807) is 31.2 Å². The Morgan fingerprint density at radius 1 is 0.511 bits per heavy atom. The van der Waals surface area contributed by atoms with Crippen molar-refractivity contribution in [2.75, 3.05) is 58.9 Å². The van der Waals surface area contributed by atoms with Crippen LogP contribution in [0, 0.1) is 48.3 Å². The molecule has 3 aliphatic heterocycles. The van der Waals surface area contributed by atoms with Gasteiger partial charge in [0.1, 0.15) is 0 Å². The van der Waals surface area contributed by atoms with Crippen molar-refractivity contribution < 1.29 is 80.3 Å². The maximum atomic E-state index is 13.1. The number of amides is 4. The van der Waals surface area contributed by atoms with Gasteiger partial charge in [0.25, 0.3) is 11.8 Å². The van der Waals surface area contributed by atoms with E-state index in [-0.39, 0.29) is 73.3 Å². The molecule has 3 unspecified atom stereocenters. The van der Waals surface area contributed by atoms with Crippen LogP contribution in [0.3, 0.4) is 0 Å². The van der Waals surface area contributed by atoms with Gasteiger partial charge in [0.05, 0.1) is 40.1 Å². The summed E-state index contributed by atoms with van der Waals surface area (Å²) in [4.78, 5) is 54.3. The highest BCUT2D eigenvalue weighted by Crippen LogP contribution is 2.56. The third-order valence-corrected chi connectivity index (χ3v) is 21.1. The zero-order valence-electron chi connectivity index (χ0n) is 54.2. The molecule has 3 saturated carbocycles. The number of sulfonamides is 1. The summed E-state index contributed by atoms with van der Waals surface area (Å²) in [7, 11) is -3.57. The van der Waals surface area contributed by atoms with Crippen LogP contribution in [0.5, 0.6) is 0 Å². The van der Waals surface area contributed by atoms with Crippen molar-refractivity contribution in [3.63, 3.8) is 0 Å². The van der Waals surface area contributed by atoms with Gasteiger partial charge in [0.15, 0.2) is 0 Å². The molecule has 0 radical (unpaired) electrons. The molecule has 3 atom stereocenters. The number of nitrogens with one attached hydrogen (secondary N) is 4. The topological polar surface area (TPSA) is 160 Å². The zero-order chi connectivity index (χ0) is 69.4. The molecular weight excluding hydrogens is 1270 g/mol. The van der Waals surface area contributed by atoms with Gasteiger partial charge in [-0.3, -0.25) is 24.1 Å². The zero-order valence-corrected chi connectivity index (χ0v) is 55.0. The second-order valence-electron chi connectivity index (χ2n) is 28.5. The third-order valence-electron chi connectivity index (χ3n) is 19.2. The molecule has 6 aliphatic rings. The van der Waals surface area contributed by atoms with Crippen molar-refractivity contribution in [3.8, 4) is 0 Å². The average molecular weight is 1360 g/mol. The molecular formula is C68H85F12N7O6S. The minimum atomic E-state index is -4.92. The lowest BCUT2D eigenvalue weighted by atomic mass is 9.89. The second kappa shape index (κ2) is 28.1. The van der Waals surface area contributed by atoms with Crippen LogP contribution in [0.15, 0.2) is 83.8 Å². The number of piperidine rings is 3. The molecule has 6 fully saturated rings. The summed E-state index contributed by atoms with van der Waals surface area (Å²) in [5, 5.41) is 11.5. The number of hydrogen-bond donors (Lipinski definition) is 4. The van der Waals surface area contributed by atoms with Crippen molar-refractivity contribution in [3.05, 3.63) is 134 Å². The van der Waals surface area contributed by atoms with Crippen LogP contribution in [0.25, 0.3) is 0 Å². The standard InChI is InChI=1S/C23H30F6N2O.C23H25F3N2O3S.C22H30F3N3O2/c1-20(2,3)4-7-31-8-5-21(6-9-31)14-18(21)30-19(32)12-15-10-16(22(24,25)26)13-17(11-15)23(27,28)29;1-15-3-5-19(6-4-15)32(30,31)28-9-7-22(8-10-28)14-20(22)27-21(29)17-11-16(2)12-18(13-17)23(24,25)26;1-14(2)12-26-19(29)13-28-6-4-21(5-7-28)11-18(21)27-20(30)16-8-15(3)9-17(10-16)22(23,24)25/h10-11,13,18H,4-9,12,14H2,1-3H3,(H,30,32);3-6,11-13,20H,7-10,14H2,1-2H3,(H,27,29);8-10,14,18H,4-7,11-13H2,1-3H3,(H,26,29)(H,27,30). The fourth-order valence-corrected chi connectivity index (χ4v) is 14.4. The summed E-state index contributed by atoms with van der Waals surface area (Å²) in [5.41, 5.74) is -2.86. The maximum absolute atomic E-state index is 13.1. The molecule has 3 spiro atoms. The van der Waals surface area contributed by atoms with Crippen LogP contribution >= 0.6 is 0 Å². The number of aryl methyl sites for hydroxylation is 3. The predicted octanol–water partition coefficient (Wildman–Crippen LogP) is 13.3. The molecule has 0 bridgehead atoms. The van der Waals surface area contributed by atoms with Gasteiger partial charge in [-0.1, -0.05) is 52.3 Å². The van der Waals surface area contributed by atoms with Crippen LogP contribution in [-0.4, -0.2) is 123 Å². The Hall–Kier alpha value is -6.25. The number of benzene rings is 4. The van der Waals surface area contributed by atoms with Crippen molar-refractivity contribution in [1.29, 1.82) is 0 Å². The molecule has 4 N–H and O–H groups in total. The number of rotatable bonds is 15. The number of hydrogen-bond acceptors (Lipinski definition) is 8. The van der Waals surface area contributed by atoms with E-state index >= 15 is 0 Å². The fourth-order valence-electron chi connectivity index (χ4n) is 13.0. The van der Waals surface area contributed by atoms with E-state index in [4.69, 9.17) is 0 Å². The third kappa shape index (κ3) is 19.5. The maximum Gasteiger partial charge on any atom is 0.416 e. The van der Waals surface area contributed by atoms with Crippen LogP contribution in [0.4, 0.5) is 52.7 Å². The van der Waals surface area contributed by atoms with E-state index in [0.29, 0.717) is 74.6 Å². The average Bonchev–Trinajstić information content (AvgIpc) is 1.60. The number of nitrogens with zero attached hydrogens (tertiary/aromatic N) is 3. The molecule has 3 aliphatic carbocycles. The Bertz CT molecular complexity index is 3460. The molecule has 4 amide bonds. The van der Waals surface area contributed by atoms with Gasteiger partial charge in [-0.25, -0.2) is 8.42 Å². The summed E-state index contributed by atoms with van der Waals surface area (Å²) in [6, 6.07) is 14.6. The summed E-state index contributed by atoms with van der Waals surface area (Å²) in [6.07, 6.45) is -11.1.